The van der Waals surface area contributed by atoms with Gasteiger partial charge in [0.2, 0.25) is 16.0 Å². The van der Waals surface area contributed by atoms with E-state index >= 15 is 0 Å². The summed E-state index contributed by atoms with van der Waals surface area (Å²) in [5.41, 5.74) is 2.06. The largest absolute Gasteiger partial charge is 0.324 e. The molecular weight excluding hydrogens is 476 g/mol. The van der Waals surface area contributed by atoms with Crippen molar-refractivity contribution >= 4 is 44.9 Å². The number of nitrogens with zero attached hydrogens (tertiary/aromatic N) is 5. The summed E-state index contributed by atoms with van der Waals surface area (Å²) in [4.78, 5) is 17.5. The molecule has 1 saturated heterocycles. The fourth-order valence-corrected chi connectivity index (χ4v) is 4.50. The molecule has 2 aromatic heterocycles. The van der Waals surface area contributed by atoms with E-state index in [1.807, 2.05) is 12.1 Å². The molecule has 0 bridgehead atoms. The minimum Gasteiger partial charge on any atom is -0.324 e. The molecule has 0 atom stereocenters. The second kappa shape index (κ2) is 10.6. The molecule has 1 aliphatic rings. The molecule has 10 nitrogen and oxygen atoms in total. The molecular formula is C22H27ClN8O2S. The van der Waals surface area contributed by atoms with Gasteiger partial charge in [-0.15, -0.1) is 0 Å². The summed E-state index contributed by atoms with van der Waals surface area (Å²) in [5, 5.41) is 6.29. The number of hydrogen-bond acceptors (Lipinski definition) is 9. The summed E-state index contributed by atoms with van der Waals surface area (Å²) in [6.07, 6.45) is 2.92. The standard InChI is InChI=1S/C22H27ClN8O2S/c1-24-34(32,33)19-4-3-9-25-21(19)28-20-18(23)14-26-22(29-20)27-17-7-5-16(6-8-17)15-31-12-10-30(2)11-13-31/h3-9,14,24H,10-13,15H2,1-2H3,(H2,25,26,27,28,29). The van der Waals surface area contributed by atoms with E-state index in [-0.39, 0.29) is 21.6 Å². The van der Waals surface area contributed by atoms with Crippen molar-refractivity contribution in [2.24, 2.45) is 0 Å². The van der Waals surface area contributed by atoms with Crippen LogP contribution >= 0.6 is 11.6 Å². The van der Waals surface area contributed by atoms with Crippen molar-refractivity contribution in [3.8, 4) is 0 Å². The van der Waals surface area contributed by atoms with Gasteiger partial charge < -0.3 is 15.5 Å². The normalized spacial score (nSPS) is 15.3. The first kappa shape index (κ1) is 24.3. The molecule has 0 spiro atoms. The Bertz CT molecular complexity index is 1230. The third-order valence-electron chi connectivity index (χ3n) is 5.52. The number of hydrogen-bond donors (Lipinski definition) is 3. The first-order valence-corrected chi connectivity index (χ1v) is 12.6. The van der Waals surface area contributed by atoms with Crippen LogP contribution in [-0.4, -0.2) is 73.4 Å². The maximum absolute atomic E-state index is 12.3. The Kier molecular flexibility index (Phi) is 7.59. The number of likely N-dealkylation sites (N-methyl/N-ethyl adjacent to an activating group) is 1. The van der Waals surface area contributed by atoms with Gasteiger partial charge in [-0.3, -0.25) is 4.90 Å². The van der Waals surface area contributed by atoms with Gasteiger partial charge in [0.25, 0.3) is 0 Å². The van der Waals surface area contributed by atoms with Crippen molar-refractivity contribution in [3.05, 3.63) is 59.4 Å². The molecule has 12 heteroatoms. The molecule has 180 valence electrons. The Labute approximate surface area is 204 Å². The molecule has 1 fully saturated rings. The van der Waals surface area contributed by atoms with Crippen LogP contribution in [0.5, 0.6) is 0 Å². The van der Waals surface area contributed by atoms with Crippen molar-refractivity contribution in [1.82, 2.24) is 29.5 Å². The Morgan fingerprint density at radius 3 is 2.44 bits per heavy atom. The number of pyridine rings is 1. The van der Waals surface area contributed by atoms with Crippen LogP contribution in [0.1, 0.15) is 5.56 Å². The molecule has 1 aliphatic heterocycles. The van der Waals surface area contributed by atoms with Crippen molar-refractivity contribution in [2.45, 2.75) is 11.4 Å². The number of halogens is 1. The van der Waals surface area contributed by atoms with Gasteiger partial charge >= 0.3 is 0 Å². The third-order valence-corrected chi connectivity index (χ3v) is 7.24. The fourth-order valence-electron chi connectivity index (χ4n) is 3.53. The fraction of sp³-hybridized carbons (Fsp3) is 0.318. The second-order valence-corrected chi connectivity index (χ2v) is 10.2. The van der Waals surface area contributed by atoms with Crippen LogP contribution in [-0.2, 0) is 16.6 Å². The number of nitrogens with one attached hydrogen (secondary N) is 3. The summed E-state index contributed by atoms with van der Waals surface area (Å²) >= 11 is 6.26. The predicted octanol–water partition coefficient (Wildman–Crippen LogP) is 2.67. The van der Waals surface area contributed by atoms with E-state index in [1.165, 1.54) is 37.1 Å². The molecule has 3 aromatic rings. The molecule has 1 aromatic carbocycles. The van der Waals surface area contributed by atoms with Crippen LogP contribution in [0.2, 0.25) is 5.02 Å². The molecule has 3 heterocycles. The molecule has 0 radical (unpaired) electrons. The van der Waals surface area contributed by atoms with E-state index in [2.05, 4.69) is 59.3 Å². The average Bonchev–Trinajstić information content (AvgIpc) is 2.84. The molecule has 0 unspecified atom stereocenters. The lowest BCUT2D eigenvalue weighted by molar-refractivity contribution is 0.148. The molecule has 4 rings (SSSR count). The highest BCUT2D eigenvalue weighted by Gasteiger charge is 2.19. The zero-order valence-corrected chi connectivity index (χ0v) is 20.6. The van der Waals surface area contributed by atoms with Gasteiger partial charge in [0, 0.05) is 44.6 Å². The van der Waals surface area contributed by atoms with Gasteiger partial charge in [-0.05, 0) is 43.9 Å². The van der Waals surface area contributed by atoms with Gasteiger partial charge in [0.05, 0.1) is 6.20 Å². The number of sulfonamides is 1. The van der Waals surface area contributed by atoms with Crippen LogP contribution in [0.25, 0.3) is 0 Å². The van der Waals surface area contributed by atoms with Gasteiger partial charge in [0.15, 0.2) is 11.6 Å². The van der Waals surface area contributed by atoms with Crippen LogP contribution in [0, 0.1) is 0 Å². The quantitative estimate of drug-likeness (QED) is 0.427. The molecule has 0 amide bonds. The van der Waals surface area contributed by atoms with E-state index in [0.717, 1.165) is 38.4 Å². The summed E-state index contributed by atoms with van der Waals surface area (Å²) in [6, 6.07) is 11.1. The number of aromatic nitrogens is 3. The van der Waals surface area contributed by atoms with Crippen LogP contribution in [0.4, 0.5) is 23.3 Å². The monoisotopic (exact) mass is 502 g/mol. The van der Waals surface area contributed by atoms with Crippen molar-refractivity contribution < 1.29 is 8.42 Å². The average molecular weight is 503 g/mol. The van der Waals surface area contributed by atoms with E-state index < -0.39 is 10.0 Å². The van der Waals surface area contributed by atoms with Crippen molar-refractivity contribution in [3.63, 3.8) is 0 Å². The third kappa shape index (κ3) is 5.99. The lowest BCUT2D eigenvalue weighted by Gasteiger charge is -2.32. The first-order valence-electron chi connectivity index (χ1n) is 10.8. The summed E-state index contributed by atoms with van der Waals surface area (Å²) < 4.78 is 26.9. The highest BCUT2D eigenvalue weighted by Crippen LogP contribution is 2.27. The Hall–Kier alpha value is -2.83. The van der Waals surface area contributed by atoms with Crippen LogP contribution in [0.3, 0.4) is 0 Å². The number of benzene rings is 1. The van der Waals surface area contributed by atoms with Crippen LogP contribution in [0.15, 0.2) is 53.7 Å². The van der Waals surface area contributed by atoms with Crippen molar-refractivity contribution in [1.29, 1.82) is 0 Å². The van der Waals surface area contributed by atoms with Crippen molar-refractivity contribution in [2.75, 3.05) is 50.9 Å². The Balaban J connectivity index is 1.46. The molecule has 34 heavy (non-hydrogen) atoms. The highest BCUT2D eigenvalue weighted by molar-refractivity contribution is 7.89. The zero-order chi connectivity index (χ0) is 24.1. The SMILES string of the molecule is CNS(=O)(=O)c1cccnc1Nc1nc(Nc2ccc(CN3CCN(C)CC3)cc2)ncc1Cl. The lowest BCUT2D eigenvalue weighted by Crippen LogP contribution is -2.43. The topological polar surface area (TPSA) is 115 Å². The number of anilines is 4. The second-order valence-electron chi connectivity index (χ2n) is 7.97. The summed E-state index contributed by atoms with van der Waals surface area (Å²) in [7, 11) is -0.236. The summed E-state index contributed by atoms with van der Waals surface area (Å²) in [5.74, 6) is 0.654. The first-order chi connectivity index (χ1) is 16.3. The number of piperazine rings is 1. The maximum Gasteiger partial charge on any atom is 0.243 e. The molecule has 0 saturated carbocycles. The number of rotatable bonds is 8. The molecule has 0 aliphatic carbocycles. The molecule has 3 N–H and O–H groups in total. The van der Waals surface area contributed by atoms with Gasteiger partial charge in [0.1, 0.15) is 9.92 Å². The van der Waals surface area contributed by atoms with E-state index in [1.54, 1.807) is 0 Å². The van der Waals surface area contributed by atoms with E-state index in [4.69, 9.17) is 11.6 Å². The minimum absolute atomic E-state index is 0.0161. The van der Waals surface area contributed by atoms with Gasteiger partial charge in [-0.2, -0.15) is 4.98 Å². The van der Waals surface area contributed by atoms with Crippen LogP contribution < -0.4 is 15.4 Å². The Morgan fingerprint density at radius 1 is 1.00 bits per heavy atom. The smallest absolute Gasteiger partial charge is 0.243 e. The van der Waals surface area contributed by atoms with E-state index in [0.29, 0.717) is 5.95 Å². The zero-order valence-electron chi connectivity index (χ0n) is 19.0. The lowest BCUT2D eigenvalue weighted by atomic mass is 10.2. The van der Waals surface area contributed by atoms with Gasteiger partial charge in [-0.25, -0.2) is 23.1 Å². The van der Waals surface area contributed by atoms with E-state index in [9.17, 15) is 8.42 Å². The highest BCUT2D eigenvalue weighted by atomic mass is 35.5. The Morgan fingerprint density at radius 2 is 1.74 bits per heavy atom. The summed E-state index contributed by atoms with van der Waals surface area (Å²) in [6.45, 7) is 5.23. The maximum atomic E-state index is 12.3. The van der Waals surface area contributed by atoms with Gasteiger partial charge in [-0.1, -0.05) is 23.7 Å². The minimum atomic E-state index is -3.72. The predicted molar refractivity (Wildman–Crippen MR) is 133 cm³/mol.